The summed E-state index contributed by atoms with van der Waals surface area (Å²) in [5.41, 5.74) is 2.44. The Labute approximate surface area is 90.8 Å². The average Bonchev–Trinajstić information content (AvgIpc) is 2.25. The Kier molecular flexibility index (Phi) is 2.43. The third-order valence-electron chi connectivity index (χ3n) is 3.26. The van der Waals surface area contributed by atoms with Crippen LogP contribution in [-0.2, 0) is 5.41 Å². The minimum atomic E-state index is 0.0504. The van der Waals surface area contributed by atoms with Crippen LogP contribution in [0.2, 0.25) is 0 Å². The summed E-state index contributed by atoms with van der Waals surface area (Å²) in [5, 5.41) is 0. The van der Waals surface area contributed by atoms with E-state index in [1.807, 2.05) is 25.5 Å². The molecule has 0 bridgehead atoms. The summed E-state index contributed by atoms with van der Waals surface area (Å²) in [6.45, 7) is 6.50. The summed E-state index contributed by atoms with van der Waals surface area (Å²) in [5.74, 6) is 0.420. The average molecular weight is 200 g/mol. The minimum absolute atomic E-state index is 0.0504. The van der Waals surface area contributed by atoms with Gasteiger partial charge < -0.3 is 0 Å². The Bertz CT molecular complexity index is 406. The van der Waals surface area contributed by atoms with Crippen molar-refractivity contribution < 1.29 is 0 Å². The molecule has 0 fully saturated rings. The fourth-order valence-electron chi connectivity index (χ4n) is 2.04. The Morgan fingerprint density at radius 2 is 1.93 bits per heavy atom. The molecule has 0 spiro atoms. The fourth-order valence-corrected chi connectivity index (χ4v) is 2.04. The van der Waals surface area contributed by atoms with Crippen LogP contribution in [0.25, 0.3) is 0 Å². The van der Waals surface area contributed by atoms with E-state index >= 15 is 0 Å². The molecule has 78 valence electrons. The molecule has 0 radical (unpaired) electrons. The molecule has 1 aliphatic heterocycles. The van der Waals surface area contributed by atoms with Crippen LogP contribution in [0.15, 0.2) is 41.3 Å². The molecule has 15 heavy (non-hydrogen) atoms. The molecule has 2 rings (SSSR count). The normalized spacial score (nSPS) is 30.1. The second-order valence-corrected chi connectivity index (χ2v) is 4.37. The summed E-state index contributed by atoms with van der Waals surface area (Å²) < 4.78 is 0. The molecule has 2 atom stereocenters. The predicted molar refractivity (Wildman–Crippen MR) is 63.0 cm³/mol. The van der Waals surface area contributed by atoms with E-state index in [1.54, 1.807) is 0 Å². The topological polar surface area (TPSA) is 25.2 Å². The van der Waals surface area contributed by atoms with Gasteiger partial charge in [0.25, 0.3) is 0 Å². The molecule has 0 aliphatic carbocycles. The molecular formula is C13H16N2. The lowest BCUT2D eigenvalue weighted by Gasteiger charge is -2.33. The van der Waals surface area contributed by atoms with Gasteiger partial charge in [0.05, 0.1) is 0 Å². The summed E-state index contributed by atoms with van der Waals surface area (Å²) in [7, 11) is 0. The molecule has 0 saturated heterocycles. The molecule has 0 N–H and O–H groups in total. The first-order valence-corrected chi connectivity index (χ1v) is 5.27. The van der Waals surface area contributed by atoms with Gasteiger partial charge in [-0.3, -0.25) is 9.98 Å². The highest BCUT2D eigenvalue weighted by atomic mass is 14.7. The van der Waals surface area contributed by atoms with Crippen molar-refractivity contribution in [3.8, 4) is 0 Å². The van der Waals surface area contributed by atoms with Gasteiger partial charge in [-0.1, -0.05) is 19.9 Å². The molecule has 1 aliphatic rings. The first-order valence-electron chi connectivity index (χ1n) is 5.27. The van der Waals surface area contributed by atoms with E-state index in [0.29, 0.717) is 5.92 Å². The lowest BCUT2D eigenvalue weighted by atomic mass is 9.72. The van der Waals surface area contributed by atoms with Gasteiger partial charge in [-0.05, 0) is 24.6 Å². The number of aromatic nitrogens is 1. The lowest BCUT2D eigenvalue weighted by molar-refractivity contribution is 0.484. The molecule has 2 nitrogen and oxygen atoms in total. The molecule has 0 amide bonds. The molecule has 2 heteroatoms. The second-order valence-electron chi connectivity index (χ2n) is 4.37. The van der Waals surface area contributed by atoms with Gasteiger partial charge in [-0.25, -0.2) is 0 Å². The van der Waals surface area contributed by atoms with Crippen molar-refractivity contribution in [1.82, 2.24) is 4.98 Å². The lowest BCUT2D eigenvalue weighted by Crippen LogP contribution is -2.31. The van der Waals surface area contributed by atoms with Crippen LogP contribution in [-0.4, -0.2) is 11.2 Å². The van der Waals surface area contributed by atoms with E-state index in [0.717, 1.165) is 5.70 Å². The zero-order valence-electron chi connectivity index (χ0n) is 9.44. The summed E-state index contributed by atoms with van der Waals surface area (Å²) in [6, 6.07) is 4.17. The Hall–Kier alpha value is -1.44. The number of hydrogen-bond acceptors (Lipinski definition) is 2. The van der Waals surface area contributed by atoms with Crippen LogP contribution in [0.5, 0.6) is 0 Å². The Morgan fingerprint density at radius 3 is 2.60 bits per heavy atom. The maximum absolute atomic E-state index is 4.35. The standard InChI is InChI=1S/C13H16N2/c1-10-9-15-11(2)8-13(10,3)12-4-6-14-7-5-12/h4-10H,1-3H3. The van der Waals surface area contributed by atoms with Crippen molar-refractivity contribution in [2.45, 2.75) is 26.2 Å². The molecular weight excluding hydrogens is 184 g/mol. The summed E-state index contributed by atoms with van der Waals surface area (Å²) in [4.78, 5) is 8.41. The fraction of sp³-hybridized carbons (Fsp3) is 0.385. The van der Waals surface area contributed by atoms with Gasteiger partial charge in [0.1, 0.15) is 0 Å². The Morgan fingerprint density at radius 1 is 1.27 bits per heavy atom. The van der Waals surface area contributed by atoms with Crippen LogP contribution < -0.4 is 0 Å². The van der Waals surface area contributed by atoms with E-state index in [9.17, 15) is 0 Å². The monoisotopic (exact) mass is 200 g/mol. The Balaban J connectivity index is 2.46. The van der Waals surface area contributed by atoms with E-state index in [4.69, 9.17) is 0 Å². The van der Waals surface area contributed by atoms with E-state index < -0.39 is 0 Å². The largest absolute Gasteiger partial charge is 0.266 e. The molecule has 0 aromatic carbocycles. The maximum atomic E-state index is 4.35. The number of pyridine rings is 1. The summed E-state index contributed by atoms with van der Waals surface area (Å²) >= 11 is 0. The number of hydrogen-bond donors (Lipinski definition) is 0. The number of allylic oxidation sites excluding steroid dienone is 2. The number of nitrogens with zero attached hydrogens (tertiary/aromatic N) is 2. The number of rotatable bonds is 1. The van der Waals surface area contributed by atoms with Crippen molar-refractivity contribution in [2.24, 2.45) is 10.9 Å². The maximum Gasteiger partial charge on any atom is 0.0338 e. The van der Waals surface area contributed by atoms with Gasteiger partial charge in [0.15, 0.2) is 0 Å². The summed E-state index contributed by atoms with van der Waals surface area (Å²) in [6.07, 6.45) is 7.98. The molecule has 1 aromatic rings. The highest BCUT2D eigenvalue weighted by molar-refractivity contribution is 5.67. The van der Waals surface area contributed by atoms with Gasteiger partial charge in [-0.2, -0.15) is 0 Å². The first-order chi connectivity index (χ1) is 7.13. The van der Waals surface area contributed by atoms with Crippen LogP contribution >= 0.6 is 0 Å². The van der Waals surface area contributed by atoms with Gasteiger partial charge in [0, 0.05) is 35.6 Å². The third kappa shape index (κ3) is 1.72. The van der Waals surface area contributed by atoms with Crippen molar-refractivity contribution in [3.63, 3.8) is 0 Å². The van der Waals surface area contributed by atoms with E-state index in [2.05, 4.69) is 42.0 Å². The minimum Gasteiger partial charge on any atom is -0.266 e. The molecule has 2 heterocycles. The van der Waals surface area contributed by atoms with Crippen LogP contribution in [0.3, 0.4) is 0 Å². The highest BCUT2D eigenvalue weighted by Gasteiger charge is 2.31. The van der Waals surface area contributed by atoms with Crippen molar-refractivity contribution >= 4 is 6.21 Å². The highest BCUT2D eigenvalue weighted by Crippen LogP contribution is 2.35. The van der Waals surface area contributed by atoms with Crippen molar-refractivity contribution in [2.75, 3.05) is 0 Å². The van der Waals surface area contributed by atoms with Crippen LogP contribution in [0, 0.1) is 5.92 Å². The van der Waals surface area contributed by atoms with Crippen molar-refractivity contribution in [3.05, 3.63) is 41.9 Å². The smallest absolute Gasteiger partial charge is 0.0338 e. The van der Waals surface area contributed by atoms with E-state index in [1.165, 1.54) is 5.56 Å². The van der Waals surface area contributed by atoms with Crippen LogP contribution in [0.4, 0.5) is 0 Å². The first kappa shape index (κ1) is 10.1. The van der Waals surface area contributed by atoms with Gasteiger partial charge >= 0.3 is 0 Å². The third-order valence-corrected chi connectivity index (χ3v) is 3.26. The zero-order chi connectivity index (χ0) is 10.9. The van der Waals surface area contributed by atoms with E-state index in [-0.39, 0.29) is 5.41 Å². The second kappa shape index (κ2) is 3.61. The predicted octanol–water partition coefficient (Wildman–Crippen LogP) is 2.96. The molecule has 2 unspecified atom stereocenters. The van der Waals surface area contributed by atoms with Crippen LogP contribution in [0.1, 0.15) is 26.3 Å². The number of aliphatic imine (C=N–C) groups is 1. The van der Waals surface area contributed by atoms with Crippen molar-refractivity contribution in [1.29, 1.82) is 0 Å². The van der Waals surface area contributed by atoms with Gasteiger partial charge in [-0.15, -0.1) is 0 Å². The molecule has 1 aromatic heterocycles. The zero-order valence-corrected chi connectivity index (χ0v) is 9.44. The molecule has 0 saturated carbocycles. The quantitative estimate of drug-likeness (QED) is 0.684. The SMILES string of the molecule is CC1=CC(C)(c2ccncc2)C(C)C=N1. The van der Waals surface area contributed by atoms with Gasteiger partial charge in [0.2, 0.25) is 0 Å².